The van der Waals surface area contributed by atoms with Crippen molar-refractivity contribution in [3.05, 3.63) is 65.5 Å². The Morgan fingerprint density at radius 3 is 2.51 bits per heavy atom. The molecule has 0 aromatic heterocycles. The molecule has 3 aliphatic heterocycles. The Morgan fingerprint density at radius 1 is 1.08 bits per heavy atom. The van der Waals surface area contributed by atoms with Gasteiger partial charge >= 0.3 is 6.03 Å². The van der Waals surface area contributed by atoms with Gasteiger partial charge in [-0.1, -0.05) is 12.1 Å². The number of benzene rings is 2. The van der Waals surface area contributed by atoms with Crippen LogP contribution >= 0.6 is 0 Å². The van der Waals surface area contributed by atoms with Crippen molar-refractivity contribution in [3.8, 4) is 0 Å². The Labute approximate surface area is 226 Å². The molecule has 206 valence electrons. The molecule has 0 radical (unpaired) electrons. The van der Waals surface area contributed by atoms with Gasteiger partial charge in [-0.25, -0.2) is 9.18 Å². The average Bonchev–Trinajstić information content (AvgIpc) is 2.93. The second-order valence-electron chi connectivity index (χ2n) is 10.3. The van der Waals surface area contributed by atoms with Gasteiger partial charge in [0.1, 0.15) is 18.0 Å². The van der Waals surface area contributed by atoms with Gasteiger partial charge in [-0.3, -0.25) is 14.4 Å². The van der Waals surface area contributed by atoms with Gasteiger partial charge in [0.05, 0.1) is 6.54 Å². The number of hydrogen-bond donors (Lipinski definition) is 1. The highest BCUT2D eigenvalue weighted by molar-refractivity contribution is 5.96. The van der Waals surface area contributed by atoms with Crippen molar-refractivity contribution in [1.82, 2.24) is 14.7 Å². The summed E-state index contributed by atoms with van der Waals surface area (Å²) in [6.07, 6.45) is 1.27. The lowest BCUT2D eigenvalue weighted by molar-refractivity contribution is -0.172. The molecule has 0 saturated carbocycles. The van der Waals surface area contributed by atoms with Crippen molar-refractivity contribution >= 4 is 29.3 Å². The molecule has 1 N–H and O–H groups in total. The van der Waals surface area contributed by atoms with Gasteiger partial charge in [-0.2, -0.15) is 0 Å². The van der Waals surface area contributed by atoms with Crippen molar-refractivity contribution in [2.45, 2.75) is 44.8 Å². The van der Waals surface area contributed by atoms with Gasteiger partial charge < -0.3 is 24.8 Å². The fourth-order valence-electron chi connectivity index (χ4n) is 5.77. The summed E-state index contributed by atoms with van der Waals surface area (Å²) in [5.41, 5.74) is 1.85. The van der Waals surface area contributed by atoms with Crippen molar-refractivity contribution in [2.75, 3.05) is 38.2 Å². The third-order valence-corrected chi connectivity index (χ3v) is 7.86. The lowest BCUT2D eigenvalue weighted by atomic mass is 9.86. The van der Waals surface area contributed by atoms with E-state index in [1.807, 2.05) is 6.07 Å². The highest BCUT2D eigenvalue weighted by Gasteiger charge is 2.51. The maximum absolute atomic E-state index is 13.8. The summed E-state index contributed by atoms with van der Waals surface area (Å²) in [6, 6.07) is 11.9. The predicted octanol–water partition coefficient (Wildman–Crippen LogP) is 3.30. The molecule has 3 fully saturated rings. The first-order valence-electron chi connectivity index (χ1n) is 13.4. The van der Waals surface area contributed by atoms with Crippen LogP contribution in [-0.2, 0) is 20.7 Å². The molecule has 0 spiro atoms. The molecular formula is C29H33FN4O5. The van der Waals surface area contributed by atoms with Crippen LogP contribution in [0.4, 0.5) is 14.9 Å². The molecule has 2 aromatic carbocycles. The standard InChI is InChI=1S/C29H33FN4O5/c1-19(35)21-5-7-24(8-6-21)31-29(38)33-14-10-26(36)34-25(33)18-32(13-9-20-3-2-4-23(30)17-20)28(37)27(34)22-11-15-39-16-12-22/h2-8,17,22,25,27H,9-16,18H2,1H3,(H,31,38)/t25-,27+/m1/s1. The lowest BCUT2D eigenvalue weighted by Gasteiger charge is -2.54. The second-order valence-corrected chi connectivity index (χ2v) is 10.3. The van der Waals surface area contributed by atoms with Gasteiger partial charge in [0.2, 0.25) is 11.8 Å². The van der Waals surface area contributed by atoms with Crippen LogP contribution in [0.15, 0.2) is 48.5 Å². The number of piperazine rings is 1. The third kappa shape index (κ3) is 5.80. The number of carbonyl (C=O) groups excluding carboxylic acids is 4. The predicted molar refractivity (Wildman–Crippen MR) is 141 cm³/mol. The number of nitrogens with one attached hydrogen (secondary N) is 1. The van der Waals surface area contributed by atoms with E-state index < -0.39 is 12.2 Å². The molecule has 3 aliphatic rings. The number of amides is 4. The number of urea groups is 1. The van der Waals surface area contributed by atoms with Crippen LogP contribution in [0.5, 0.6) is 0 Å². The molecule has 5 rings (SSSR count). The van der Waals surface area contributed by atoms with Crippen LogP contribution in [0.1, 0.15) is 42.1 Å². The van der Waals surface area contributed by atoms with E-state index in [2.05, 4.69) is 5.32 Å². The Kier molecular flexibility index (Phi) is 7.92. The highest BCUT2D eigenvalue weighted by atomic mass is 19.1. The van der Waals surface area contributed by atoms with E-state index in [4.69, 9.17) is 4.74 Å². The minimum atomic E-state index is -0.682. The van der Waals surface area contributed by atoms with Crippen molar-refractivity contribution in [3.63, 3.8) is 0 Å². The molecule has 3 saturated heterocycles. The number of fused-ring (bicyclic) bond motifs is 1. The average molecular weight is 537 g/mol. The zero-order valence-electron chi connectivity index (χ0n) is 22.0. The number of nitrogens with zero attached hydrogens (tertiary/aromatic N) is 3. The topological polar surface area (TPSA) is 99.3 Å². The smallest absolute Gasteiger partial charge is 0.323 e. The number of ketones is 1. The zero-order valence-corrected chi connectivity index (χ0v) is 22.0. The van der Waals surface area contributed by atoms with Gasteiger partial charge in [-0.15, -0.1) is 0 Å². The summed E-state index contributed by atoms with van der Waals surface area (Å²) in [5.74, 6) is -0.741. The Morgan fingerprint density at radius 2 is 1.82 bits per heavy atom. The first-order chi connectivity index (χ1) is 18.8. The SMILES string of the molecule is CC(=O)c1ccc(NC(=O)N2CCC(=O)N3[C@@H](C4CCOCC4)C(=O)N(CCc4cccc(F)c4)C[C@H]23)cc1. The monoisotopic (exact) mass is 536 g/mol. The maximum atomic E-state index is 13.8. The fraction of sp³-hybridized carbons (Fsp3) is 0.448. The first-order valence-corrected chi connectivity index (χ1v) is 13.4. The van der Waals surface area contributed by atoms with Crippen LogP contribution in [0.3, 0.4) is 0 Å². The minimum absolute atomic E-state index is 0.0672. The molecule has 2 aromatic rings. The number of hydrogen-bond acceptors (Lipinski definition) is 5. The van der Waals surface area contributed by atoms with Crippen LogP contribution in [-0.4, -0.2) is 83.4 Å². The third-order valence-electron chi connectivity index (χ3n) is 7.86. The Balaban J connectivity index is 1.39. The molecule has 0 aliphatic carbocycles. The summed E-state index contributed by atoms with van der Waals surface area (Å²) in [5, 5.41) is 2.88. The summed E-state index contributed by atoms with van der Waals surface area (Å²) in [7, 11) is 0. The normalized spacial score (nSPS) is 22.1. The van der Waals surface area contributed by atoms with E-state index in [1.165, 1.54) is 19.1 Å². The van der Waals surface area contributed by atoms with Gasteiger partial charge in [0.15, 0.2) is 5.78 Å². The molecule has 0 unspecified atom stereocenters. The van der Waals surface area contributed by atoms with E-state index in [-0.39, 0.29) is 54.9 Å². The Bertz CT molecular complexity index is 1250. The fourth-order valence-corrected chi connectivity index (χ4v) is 5.77. The zero-order chi connectivity index (χ0) is 27.5. The van der Waals surface area contributed by atoms with E-state index in [1.54, 1.807) is 45.0 Å². The van der Waals surface area contributed by atoms with E-state index >= 15 is 0 Å². The number of ether oxygens (including phenoxy) is 1. The minimum Gasteiger partial charge on any atom is -0.381 e. The van der Waals surface area contributed by atoms with Crippen molar-refractivity contribution < 1.29 is 28.3 Å². The van der Waals surface area contributed by atoms with Crippen LogP contribution < -0.4 is 5.32 Å². The van der Waals surface area contributed by atoms with Crippen molar-refractivity contribution in [1.29, 1.82) is 0 Å². The molecule has 9 nitrogen and oxygen atoms in total. The maximum Gasteiger partial charge on any atom is 0.323 e. The molecule has 10 heteroatoms. The second kappa shape index (κ2) is 11.5. The molecule has 0 bridgehead atoms. The molecule has 39 heavy (non-hydrogen) atoms. The van der Waals surface area contributed by atoms with Crippen LogP contribution in [0.25, 0.3) is 0 Å². The molecular weight excluding hydrogens is 503 g/mol. The largest absolute Gasteiger partial charge is 0.381 e. The molecule has 2 atom stereocenters. The Hall–Kier alpha value is -3.79. The van der Waals surface area contributed by atoms with Crippen LogP contribution in [0.2, 0.25) is 0 Å². The number of carbonyl (C=O) groups is 4. The van der Waals surface area contributed by atoms with E-state index in [0.29, 0.717) is 50.3 Å². The lowest BCUT2D eigenvalue weighted by Crippen LogP contribution is -2.73. The summed E-state index contributed by atoms with van der Waals surface area (Å²) < 4.78 is 19.3. The van der Waals surface area contributed by atoms with Crippen molar-refractivity contribution in [2.24, 2.45) is 5.92 Å². The number of anilines is 1. The van der Waals surface area contributed by atoms with Gasteiger partial charge in [0, 0.05) is 44.0 Å². The molecule has 3 heterocycles. The number of halogens is 1. The summed E-state index contributed by atoms with van der Waals surface area (Å²) >= 11 is 0. The highest BCUT2D eigenvalue weighted by Crippen LogP contribution is 2.33. The first kappa shape index (κ1) is 26.8. The van der Waals surface area contributed by atoms with E-state index in [0.717, 1.165) is 5.56 Å². The summed E-state index contributed by atoms with van der Waals surface area (Å²) in [4.78, 5) is 57.1. The molecule has 4 amide bonds. The number of Topliss-reactive ketones (excluding diaryl/α,β-unsaturated/α-hetero) is 1. The van der Waals surface area contributed by atoms with E-state index in [9.17, 15) is 23.6 Å². The number of rotatable bonds is 6. The van der Waals surface area contributed by atoms with Crippen LogP contribution in [0, 0.1) is 11.7 Å². The summed E-state index contributed by atoms with van der Waals surface area (Å²) in [6.45, 7) is 3.27. The quantitative estimate of drug-likeness (QED) is 0.572. The van der Waals surface area contributed by atoms with Gasteiger partial charge in [-0.05, 0) is 74.1 Å². The van der Waals surface area contributed by atoms with Gasteiger partial charge in [0.25, 0.3) is 0 Å².